The molecular weight excluding hydrogens is 1160 g/mol. The molecular formula is C64H89ClN16O8. The van der Waals surface area contributed by atoms with Crippen LogP contribution in [0, 0.1) is 13.8 Å². The van der Waals surface area contributed by atoms with Gasteiger partial charge in [-0.05, 0) is 167 Å². The predicted octanol–water partition coefficient (Wildman–Crippen LogP) is 10.7. The second-order valence-corrected chi connectivity index (χ2v) is 25.8. The van der Waals surface area contributed by atoms with Gasteiger partial charge in [-0.1, -0.05) is 24.3 Å². The molecule has 89 heavy (non-hydrogen) atoms. The van der Waals surface area contributed by atoms with Crippen LogP contribution in [0.4, 0.5) is 36.5 Å². The molecule has 4 aliphatic rings. The highest BCUT2D eigenvalue weighted by Gasteiger charge is 2.34. The summed E-state index contributed by atoms with van der Waals surface area (Å²) >= 11 is 5.85. The van der Waals surface area contributed by atoms with E-state index in [1.165, 1.54) is 0 Å². The number of benzene rings is 2. The maximum atomic E-state index is 12.5. The van der Waals surface area contributed by atoms with Gasteiger partial charge < -0.3 is 60.2 Å². The summed E-state index contributed by atoms with van der Waals surface area (Å²) in [6, 6.07) is 16.2. The van der Waals surface area contributed by atoms with Gasteiger partial charge >= 0.3 is 24.2 Å². The highest BCUT2D eigenvalue weighted by atomic mass is 35.5. The Morgan fingerprint density at radius 2 is 1.04 bits per heavy atom. The van der Waals surface area contributed by atoms with Crippen LogP contribution in [0.25, 0.3) is 22.5 Å². The molecule has 2 aromatic carbocycles. The van der Waals surface area contributed by atoms with Gasteiger partial charge in [0.05, 0.1) is 97.8 Å². The Balaban J connectivity index is 0.000000192. The van der Waals surface area contributed by atoms with Crippen molar-refractivity contribution in [2.24, 2.45) is 0 Å². The highest BCUT2D eigenvalue weighted by molar-refractivity contribution is 6.28. The second kappa shape index (κ2) is 29.9. The topological polar surface area (TPSA) is 267 Å². The minimum atomic E-state index is -0.501. The van der Waals surface area contributed by atoms with E-state index in [0.29, 0.717) is 83.1 Å². The zero-order chi connectivity index (χ0) is 64.2. The van der Waals surface area contributed by atoms with E-state index in [0.717, 1.165) is 76.1 Å². The molecule has 8 heterocycles. The van der Waals surface area contributed by atoms with Crippen LogP contribution in [-0.2, 0) is 32.0 Å². The number of halogens is 1. The fraction of sp³-hybridized carbons (Fsp3) is 0.531. The number of nitrogens with two attached hydrogens (primary N) is 1. The number of rotatable bonds is 14. The summed E-state index contributed by atoms with van der Waals surface area (Å²) in [4.78, 5) is 73.3. The summed E-state index contributed by atoms with van der Waals surface area (Å²) < 4.78 is 26.1. The van der Waals surface area contributed by atoms with Gasteiger partial charge in [0.15, 0.2) is 0 Å². The predicted molar refractivity (Wildman–Crippen MR) is 341 cm³/mol. The quantitative estimate of drug-likeness (QED) is 0.0739. The van der Waals surface area contributed by atoms with Crippen LogP contribution in [-0.4, -0.2) is 171 Å². The smallest absolute Gasteiger partial charge is 0.410 e. The maximum absolute atomic E-state index is 12.5. The second-order valence-electron chi connectivity index (χ2n) is 25.5. The third kappa shape index (κ3) is 20.0. The Labute approximate surface area is 527 Å². The zero-order valence-electron chi connectivity index (χ0n) is 53.5. The van der Waals surface area contributed by atoms with Crippen LogP contribution in [0.1, 0.15) is 129 Å². The first-order chi connectivity index (χ1) is 42.2. The van der Waals surface area contributed by atoms with Gasteiger partial charge in [0, 0.05) is 75.2 Å². The first-order valence-corrected chi connectivity index (χ1v) is 31.0. The van der Waals surface area contributed by atoms with E-state index in [1.807, 2.05) is 147 Å². The van der Waals surface area contributed by atoms with E-state index in [4.69, 9.17) is 41.3 Å². The van der Waals surface area contributed by atoms with Crippen LogP contribution >= 0.6 is 11.6 Å². The normalized spacial score (nSPS) is 15.9. The number of piperidine rings is 2. The van der Waals surface area contributed by atoms with E-state index in [1.54, 1.807) is 44.4 Å². The van der Waals surface area contributed by atoms with E-state index in [2.05, 4.69) is 47.2 Å². The molecule has 6 amide bonds. The van der Waals surface area contributed by atoms with Crippen molar-refractivity contribution in [2.75, 3.05) is 63.4 Å². The number of aryl methyl sites for hydroxylation is 2. The number of hydrogen-bond acceptors (Lipinski definition) is 16. The Kier molecular flexibility index (Phi) is 22.5. The molecule has 6 aromatic rings. The van der Waals surface area contributed by atoms with Crippen molar-refractivity contribution in [3.8, 4) is 22.5 Å². The van der Waals surface area contributed by atoms with Crippen molar-refractivity contribution in [1.82, 2.24) is 69.7 Å². The monoisotopic (exact) mass is 1240 g/mol. The van der Waals surface area contributed by atoms with Gasteiger partial charge in [0.2, 0.25) is 11.2 Å². The van der Waals surface area contributed by atoms with Crippen molar-refractivity contribution in [3.63, 3.8) is 0 Å². The number of aromatic nitrogens is 8. The molecule has 24 nitrogen and oxygen atoms in total. The molecule has 0 bridgehead atoms. The lowest BCUT2D eigenvalue weighted by atomic mass is 10.0. The third-order valence-electron chi connectivity index (χ3n) is 15.1. The lowest BCUT2D eigenvalue weighted by molar-refractivity contribution is -0.0642. The van der Waals surface area contributed by atoms with Crippen molar-refractivity contribution in [2.45, 2.75) is 170 Å². The number of hydrogen-bond donors (Lipinski definition) is 4. The van der Waals surface area contributed by atoms with Gasteiger partial charge in [-0.15, -0.1) is 0 Å². The SMILES string of the molecule is CC(C)(C)OC(=O)N1CCC(n2cc(N)cn2)CC1.Cc1cc(-c2ccnc(Cl)n2)ccc1CNC(=O)N1CC(OC(C)C)C1.Cc1cc(-c2ccnc(Nc3cnn(C4CCN(C(=O)OC(C)(C)C)CC4)c3)n2)ccc1CNC(=O)N1CC(OC(C)C)C1. The zero-order valence-corrected chi connectivity index (χ0v) is 54.3. The van der Waals surface area contributed by atoms with Gasteiger partial charge in [-0.25, -0.2) is 39.1 Å². The van der Waals surface area contributed by atoms with Crippen LogP contribution in [0.3, 0.4) is 0 Å². The molecule has 4 fully saturated rings. The fourth-order valence-electron chi connectivity index (χ4n) is 10.5. The minimum Gasteiger partial charge on any atom is -0.444 e. The molecule has 480 valence electrons. The summed E-state index contributed by atoms with van der Waals surface area (Å²) in [5, 5.41) is 18.3. The molecule has 0 unspecified atom stereocenters. The van der Waals surface area contributed by atoms with E-state index < -0.39 is 11.2 Å². The maximum Gasteiger partial charge on any atom is 0.410 e. The van der Waals surface area contributed by atoms with Gasteiger partial charge in [0.25, 0.3) is 0 Å². The van der Waals surface area contributed by atoms with Gasteiger partial charge in [0.1, 0.15) is 11.2 Å². The Hall–Kier alpha value is -8.09. The molecule has 25 heteroatoms. The number of nitrogens with zero attached hydrogens (tertiary/aromatic N) is 12. The van der Waals surface area contributed by atoms with E-state index >= 15 is 0 Å². The lowest BCUT2D eigenvalue weighted by Gasteiger charge is -2.39. The highest BCUT2D eigenvalue weighted by Crippen LogP contribution is 2.29. The molecule has 5 N–H and O–H groups in total. The number of anilines is 3. The Morgan fingerprint density at radius 3 is 1.46 bits per heavy atom. The minimum absolute atomic E-state index is 0.0559. The third-order valence-corrected chi connectivity index (χ3v) is 15.3. The van der Waals surface area contributed by atoms with E-state index in [-0.39, 0.29) is 60.0 Å². The number of carbonyl (C=O) groups excluding carboxylic acids is 4. The first kappa shape index (κ1) is 66.9. The number of nitrogens with one attached hydrogen (secondary N) is 3. The number of likely N-dealkylation sites (tertiary alicyclic amines) is 4. The van der Waals surface area contributed by atoms with Crippen molar-refractivity contribution < 1.29 is 38.1 Å². The number of ether oxygens (including phenoxy) is 4. The van der Waals surface area contributed by atoms with Crippen LogP contribution in [0.15, 0.2) is 85.7 Å². The average Bonchev–Trinajstić information content (AvgIpc) is 4.15. The van der Waals surface area contributed by atoms with Crippen molar-refractivity contribution in [3.05, 3.63) is 113 Å². The van der Waals surface area contributed by atoms with Crippen LogP contribution in [0.5, 0.6) is 0 Å². The molecule has 0 radical (unpaired) electrons. The number of amides is 6. The fourth-order valence-corrected chi connectivity index (χ4v) is 10.6. The summed E-state index contributed by atoms with van der Waals surface area (Å²) in [6.45, 7) is 29.5. The molecule has 4 aliphatic heterocycles. The summed E-state index contributed by atoms with van der Waals surface area (Å²) in [5.74, 6) is 0.477. The van der Waals surface area contributed by atoms with Crippen LogP contribution < -0.4 is 21.7 Å². The standard InChI is InChI=1S/C32H44N8O4.C19H23ClN4O2.C13H22N4O2/c1-21(2)43-27-19-39(20-27)30(41)34-16-24-8-7-23(15-22(24)3)28-9-12-33-29(37-28)36-25-17-35-40(18-25)26-10-13-38(14-11-26)31(42)44-32(4,5)6;1-12(2)26-16-10-24(11-16)19(25)22-9-15-5-4-14(8-13(15)3)17-6-7-21-18(20)23-17;1-13(2,3)19-12(18)16-6-4-11(5-7-16)17-9-10(14)8-15-17/h7-9,12,15,17-18,21,26-27H,10-11,13-14,16,19-20H2,1-6H3,(H,34,41)(H,33,36,37);4-8,12,16H,9-11H2,1-3H3,(H,22,25);8-9,11H,4-7,14H2,1-3H3. The van der Waals surface area contributed by atoms with Gasteiger partial charge in [-0.3, -0.25) is 9.36 Å². The Morgan fingerprint density at radius 1 is 0.607 bits per heavy atom. The molecule has 0 atom stereocenters. The summed E-state index contributed by atoms with van der Waals surface area (Å²) in [7, 11) is 0. The first-order valence-electron chi connectivity index (χ1n) is 30.6. The number of carbonyl (C=O) groups is 4. The summed E-state index contributed by atoms with van der Waals surface area (Å²) in [6.07, 6.45) is 14.1. The summed E-state index contributed by atoms with van der Waals surface area (Å²) in [5.41, 5.74) is 14.0. The van der Waals surface area contributed by atoms with E-state index in [9.17, 15) is 19.2 Å². The van der Waals surface area contributed by atoms with Gasteiger partial charge in [-0.2, -0.15) is 10.2 Å². The van der Waals surface area contributed by atoms with Crippen LogP contribution in [0.2, 0.25) is 5.28 Å². The van der Waals surface area contributed by atoms with Crippen molar-refractivity contribution in [1.29, 1.82) is 0 Å². The molecule has 10 rings (SSSR count). The van der Waals surface area contributed by atoms with Crippen molar-refractivity contribution >= 4 is 53.2 Å². The number of nitrogen functional groups attached to an aromatic ring is 1. The largest absolute Gasteiger partial charge is 0.444 e. The molecule has 0 spiro atoms. The Bertz CT molecular complexity index is 3330. The average molecular weight is 1250 g/mol. The molecule has 0 aliphatic carbocycles. The molecule has 4 saturated heterocycles. The molecule has 0 saturated carbocycles. The number of urea groups is 2. The lowest BCUT2D eigenvalue weighted by Crippen LogP contribution is -2.58. The molecule has 4 aromatic heterocycles.